The summed E-state index contributed by atoms with van der Waals surface area (Å²) in [5, 5.41) is 9.95. The van der Waals surface area contributed by atoms with Crippen molar-refractivity contribution >= 4 is 34.8 Å². The molecular formula is C25H34N2O5S. The fraction of sp³-hybridized carbons (Fsp3) is 0.640. The molecule has 8 heteroatoms. The highest BCUT2D eigenvalue weighted by Gasteiger charge is 2.40. The van der Waals surface area contributed by atoms with Crippen molar-refractivity contribution in [3.05, 3.63) is 15.8 Å². The standard InChI is InChI=1S/C25H34N2O5S/c1-16-6-8-17(9-7-16)22(28)27(20-15-32-13-12-26(5)23(20)29)19-14-18(10-11-25(2,3)4)33-21(19)24(30)31/h14,16-17,20H,6-9,12-13,15H2,1-5H3,(H,30,31)/t16?,17?,20-/m0/s1. The molecule has 1 N–H and O–H groups in total. The molecule has 1 aromatic heterocycles. The number of carboxylic acids is 1. The Labute approximate surface area is 200 Å². The molecule has 3 rings (SSSR count). The molecule has 1 saturated carbocycles. The fourth-order valence-electron chi connectivity index (χ4n) is 4.19. The van der Waals surface area contributed by atoms with Crippen LogP contribution in [0.4, 0.5) is 5.69 Å². The van der Waals surface area contributed by atoms with Gasteiger partial charge in [0.2, 0.25) is 11.8 Å². The van der Waals surface area contributed by atoms with Gasteiger partial charge in [0, 0.05) is 24.9 Å². The van der Waals surface area contributed by atoms with Crippen LogP contribution in [0.1, 0.15) is 67.9 Å². The van der Waals surface area contributed by atoms with Gasteiger partial charge in [-0.15, -0.1) is 11.3 Å². The molecule has 180 valence electrons. The zero-order chi connectivity index (χ0) is 24.3. The number of carbonyl (C=O) groups is 3. The third-order valence-electron chi connectivity index (χ3n) is 6.15. The Balaban J connectivity index is 2.09. The number of aromatic carboxylic acids is 1. The average Bonchev–Trinajstić information content (AvgIpc) is 3.10. The average molecular weight is 475 g/mol. The SMILES string of the molecule is CC1CCC(C(=O)N(c2cc(C#CC(C)(C)C)sc2C(=O)O)[C@H]2COCCN(C)C2=O)CC1. The molecule has 2 amide bonds. The maximum Gasteiger partial charge on any atom is 0.348 e. The minimum absolute atomic E-state index is 0.0189. The van der Waals surface area contributed by atoms with Crippen molar-refractivity contribution in [2.75, 3.05) is 31.7 Å². The van der Waals surface area contributed by atoms with Crippen molar-refractivity contribution in [3.8, 4) is 11.8 Å². The number of hydrogen-bond acceptors (Lipinski definition) is 5. The van der Waals surface area contributed by atoms with Gasteiger partial charge in [-0.2, -0.15) is 0 Å². The maximum atomic E-state index is 13.8. The summed E-state index contributed by atoms with van der Waals surface area (Å²) in [6.07, 6.45) is 3.35. The summed E-state index contributed by atoms with van der Waals surface area (Å²) in [6, 6.07) is 0.745. The van der Waals surface area contributed by atoms with Gasteiger partial charge in [-0.1, -0.05) is 18.8 Å². The van der Waals surface area contributed by atoms with Crippen molar-refractivity contribution in [2.45, 2.75) is 59.4 Å². The number of thiophene rings is 1. The van der Waals surface area contributed by atoms with Gasteiger partial charge >= 0.3 is 5.97 Å². The lowest BCUT2D eigenvalue weighted by Gasteiger charge is -2.35. The van der Waals surface area contributed by atoms with Crippen molar-refractivity contribution in [2.24, 2.45) is 17.3 Å². The van der Waals surface area contributed by atoms with Crippen LogP contribution < -0.4 is 4.90 Å². The molecule has 7 nitrogen and oxygen atoms in total. The quantitative estimate of drug-likeness (QED) is 0.670. The number of anilines is 1. The first-order valence-electron chi connectivity index (χ1n) is 11.5. The lowest BCUT2D eigenvalue weighted by Crippen LogP contribution is -2.53. The summed E-state index contributed by atoms with van der Waals surface area (Å²) >= 11 is 1.04. The number of carbonyl (C=O) groups excluding carboxylic acids is 2. The minimum atomic E-state index is -1.13. The number of likely N-dealkylation sites (N-methyl/N-ethyl adjacent to an activating group) is 1. The molecule has 2 fully saturated rings. The molecule has 1 aliphatic heterocycles. The highest BCUT2D eigenvalue weighted by atomic mass is 32.1. The van der Waals surface area contributed by atoms with E-state index in [0.29, 0.717) is 23.9 Å². The zero-order valence-corrected chi connectivity index (χ0v) is 21.0. The topological polar surface area (TPSA) is 87.2 Å². The van der Waals surface area contributed by atoms with Crippen LogP contribution in [0.2, 0.25) is 0 Å². The van der Waals surface area contributed by atoms with Gasteiger partial charge < -0.3 is 14.7 Å². The van der Waals surface area contributed by atoms with Crippen LogP contribution in [0.3, 0.4) is 0 Å². The van der Waals surface area contributed by atoms with E-state index in [1.165, 1.54) is 4.90 Å². The molecule has 0 aromatic carbocycles. The van der Waals surface area contributed by atoms with Crippen LogP contribution in [0.15, 0.2) is 6.07 Å². The van der Waals surface area contributed by atoms with E-state index in [2.05, 4.69) is 18.8 Å². The Bertz CT molecular complexity index is 960. The largest absolute Gasteiger partial charge is 0.477 e. The lowest BCUT2D eigenvalue weighted by atomic mass is 9.82. The molecule has 0 radical (unpaired) electrons. The van der Waals surface area contributed by atoms with Gasteiger partial charge in [0.05, 0.1) is 23.8 Å². The summed E-state index contributed by atoms with van der Waals surface area (Å²) in [6.45, 7) is 8.95. The highest BCUT2D eigenvalue weighted by molar-refractivity contribution is 7.15. The van der Waals surface area contributed by atoms with E-state index in [9.17, 15) is 19.5 Å². The third-order valence-corrected chi connectivity index (χ3v) is 7.18. The second kappa shape index (κ2) is 10.3. The molecule has 0 unspecified atom stereocenters. The Morgan fingerprint density at radius 2 is 1.91 bits per heavy atom. The van der Waals surface area contributed by atoms with E-state index >= 15 is 0 Å². The fourth-order valence-corrected chi connectivity index (χ4v) is 5.03. The van der Waals surface area contributed by atoms with Gasteiger partial charge in [-0.3, -0.25) is 14.5 Å². The maximum absolute atomic E-state index is 13.8. The zero-order valence-electron chi connectivity index (χ0n) is 20.1. The smallest absolute Gasteiger partial charge is 0.348 e. The van der Waals surface area contributed by atoms with Crippen molar-refractivity contribution in [1.29, 1.82) is 0 Å². The number of hydrogen-bond donors (Lipinski definition) is 1. The summed E-state index contributed by atoms with van der Waals surface area (Å²) in [7, 11) is 1.68. The first-order chi connectivity index (χ1) is 15.5. The minimum Gasteiger partial charge on any atom is -0.477 e. The van der Waals surface area contributed by atoms with Gasteiger partial charge in [-0.05, 0) is 58.4 Å². The third kappa shape index (κ3) is 6.15. The Morgan fingerprint density at radius 1 is 1.24 bits per heavy atom. The summed E-state index contributed by atoms with van der Waals surface area (Å²) < 4.78 is 5.68. The Morgan fingerprint density at radius 3 is 2.52 bits per heavy atom. The Hall–Kier alpha value is -2.37. The molecule has 1 atom stereocenters. The van der Waals surface area contributed by atoms with Gasteiger partial charge in [0.1, 0.15) is 10.9 Å². The number of carboxylic acid groups (broad SMARTS) is 1. The molecule has 1 aliphatic carbocycles. The second-order valence-electron chi connectivity index (χ2n) is 10.1. The first-order valence-corrected chi connectivity index (χ1v) is 12.4. The highest BCUT2D eigenvalue weighted by Crippen LogP contribution is 2.36. The van der Waals surface area contributed by atoms with E-state index in [1.807, 2.05) is 20.8 Å². The predicted molar refractivity (Wildman–Crippen MR) is 128 cm³/mol. The van der Waals surface area contributed by atoms with E-state index < -0.39 is 12.0 Å². The molecule has 33 heavy (non-hydrogen) atoms. The van der Waals surface area contributed by atoms with E-state index in [1.54, 1.807) is 18.0 Å². The molecule has 1 aromatic rings. The van der Waals surface area contributed by atoms with E-state index in [-0.39, 0.29) is 40.3 Å². The molecule has 0 spiro atoms. The van der Waals surface area contributed by atoms with Crippen LogP contribution in [-0.2, 0) is 14.3 Å². The predicted octanol–water partition coefficient (Wildman–Crippen LogP) is 3.86. The monoisotopic (exact) mass is 474 g/mol. The number of nitrogens with zero attached hydrogens (tertiary/aromatic N) is 2. The molecule has 2 aliphatic rings. The van der Waals surface area contributed by atoms with E-state index in [0.717, 1.165) is 37.0 Å². The molecule has 0 bridgehead atoms. The first kappa shape index (κ1) is 25.3. The molecular weight excluding hydrogens is 440 g/mol. The molecule has 1 saturated heterocycles. The van der Waals surface area contributed by atoms with Crippen molar-refractivity contribution < 1.29 is 24.2 Å². The van der Waals surface area contributed by atoms with Crippen LogP contribution in [0.5, 0.6) is 0 Å². The number of rotatable bonds is 4. The van der Waals surface area contributed by atoms with Crippen molar-refractivity contribution in [3.63, 3.8) is 0 Å². The van der Waals surface area contributed by atoms with Crippen LogP contribution >= 0.6 is 11.3 Å². The number of amides is 2. The van der Waals surface area contributed by atoms with Gasteiger partial charge in [-0.25, -0.2) is 4.79 Å². The van der Waals surface area contributed by atoms with Gasteiger partial charge in [0.15, 0.2) is 0 Å². The normalized spacial score (nSPS) is 24.0. The van der Waals surface area contributed by atoms with Crippen molar-refractivity contribution in [1.82, 2.24) is 4.90 Å². The van der Waals surface area contributed by atoms with Crippen LogP contribution in [0, 0.1) is 29.1 Å². The lowest BCUT2D eigenvalue weighted by molar-refractivity contribution is -0.134. The van der Waals surface area contributed by atoms with Crippen LogP contribution in [0.25, 0.3) is 0 Å². The molecule has 2 heterocycles. The summed E-state index contributed by atoms with van der Waals surface area (Å²) in [4.78, 5) is 42.8. The number of ether oxygens (including phenoxy) is 1. The summed E-state index contributed by atoms with van der Waals surface area (Å²) in [5.41, 5.74) is -0.0121. The Kier molecular flexibility index (Phi) is 7.86. The van der Waals surface area contributed by atoms with Crippen LogP contribution in [-0.4, -0.2) is 60.6 Å². The van der Waals surface area contributed by atoms with Gasteiger partial charge in [0.25, 0.3) is 0 Å². The van der Waals surface area contributed by atoms with E-state index in [4.69, 9.17) is 4.74 Å². The second-order valence-corrected chi connectivity index (χ2v) is 11.2. The summed E-state index contributed by atoms with van der Waals surface area (Å²) in [5.74, 6) is 4.92.